The van der Waals surface area contributed by atoms with Crippen LogP contribution in [-0.2, 0) is 20.3 Å². The average molecular weight is 364 g/mol. The second-order valence-electron chi connectivity index (χ2n) is 5.83. The van der Waals surface area contributed by atoms with E-state index >= 15 is 0 Å². The molecule has 0 saturated heterocycles. The van der Waals surface area contributed by atoms with Gasteiger partial charge in [0.15, 0.2) is 0 Å². The first kappa shape index (κ1) is 17.7. The maximum absolute atomic E-state index is 13.0. The van der Waals surface area contributed by atoms with E-state index in [1.165, 1.54) is 37.0 Å². The fourth-order valence-corrected chi connectivity index (χ4v) is 2.85. The molecule has 0 aliphatic heterocycles. The standard InChI is InChI=1S/C17H15F3N4O2/c1-10-14(13-7-8-21-23(13)3)15(25)22(2)16(26)24(10)12-6-4-5-11(9-12)17(18,19)20/h4-9H,1-3H3. The van der Waals surface area contributed by atoms with Crippen molar-refractivity contribution >= 4 is 0 Å². The Labute approximate surface area is 145 Å². The predicted octanol–water partition coefficient (Wildman–Crippen LogP) is 2.26. The summed E-state index contributed by atoms with van der Waals surface area (Å²) in [6.07, 6.45) is -3.05. The molecule has 3 aromatic rings. The van der Waals surface area contributed by atoms with Gasteiger partial charge in [-0.2, -0.15) is 18.3 Å². The molecule has 0 aliphatic carbocycles. The number of hydrogen-bond donors (Lipinski definition) is 0. The minimum Gasteiger partial charge on any atom is -0.268 e. The number of hydrogen-bond acceptors (Lipinski definition) is 3. The SMILES string of the molecule is Cc1c(-c2ccnn2C)c(=O)n(C)c(=O)n1-c1cccc(C(F)(F)F)c1. The van der Waals surface area contributed by atoms with Crippen molar-refractivity contribution in [2.75, 3.05) is 0 Å². The largest absolute Gasteiger partial charge is 0.416 e. The number of rotatable bonds is 2. The van der Waals surface area contributed by atoms with Crippen LogP contribution < -0.4 is 11.2 Å². The average Bonchev–Trinajstić information content (AvgIpc) is 2.99. The van der Waals surface area contributed by atoms with Crippen molar-refractivity contribution < 1.29 is 13.2 Å². The zero-order chi connectivity index (χ0) is 19.2. The Bertz CT molecular complexity index is 1110. The maximum atomic E-state index is 13.0. The monoisotopic (exact) mass is 364 g/mol. The van der Waals surface area contributed by atoms with E-state index in [0.717, 1.165) is 21.3 Å². The normalized spacial score (nSPS) is 11.8. The summed E-state index contributed by atoms with van der Waals surface area (Å²) in [5.74, 6) is 0. The maximum Gasteiger partial charge on any atom is 0.416 e. The Balaban J connectivity index is 2.37. The van der Waals surface area contributed by atoms with E-state index in [1.807, 2.05) is 0 Å². The van der Waals surface area contributed by atoms with Gasteiger partial charge in [0.25, 0.3) is 5.56 Å². The molecule has 0 radical (unpaired) electrons. The van der Waals surface area contributed by atoms with Crippen molar-refractivity contribution in [1.29, 1.82) is 0 Å². The van der Waals surface area contributed by atoms with Crippen molar-refractivity contribution in [2.24, 2.45) is 14.1 Å². The van der Waals surface area contributed by atoms with E-state index in [9.17, 15) is 22.8 Å². The molecule has 0 N–H and O–H groups in total. The van der Waals surface area contributed by atoms with E-state index in [4.69, 9.17) is 0 Å². The van der Waals surface area contributed by atoms with Gasteiger partial charge in [0.05, 0.1) is 22.5 Å². The van der Waals surface area contributed by atoms with Crippen LogP contribution in [0.1, 0.15) is 11.3 Å². The summed E-state index contributed by atoms with van der Waals surface area (Å²) >= 11 is 0. The van der Waals surface area contributed by atoms with Crippen LogP contribution in [0.2, 0.25) is 0 Å². The molecular formula is C17H15F3N4O2. The highest BCUT2D eigenvalue weighted by Crippen LogP contribution is 2.30. The van der Waals surface area contributed by atoms with Crippen molar-refractivity contribution in [3.05, 3.63) is 68.6 Å². The third kappa shape index (κ3) is 2.75. The summed E-state index contributed by atoms with van der Waals surface area (Å²) in [5.41, 5.74) is -1.22. The summed E-state index contributed by atoms with van der Waals surface area (Å²) < 4.78 is 42.5. The molecule has 6 nitrogen and oxygen atoms in total. The Morgan fingerprint density at radius 2 is 1.77 bits per heavy atom. The molecule has 0 amide bonds. The second-order valence-corrected chi connectivity index (χ2v) is 5.83. The topological polar surface area (TPSA) is 61.8 Å². The van der Waals surface area contributed by atoms with Crippen LogP contribution in [0.25, 0.3) is 16.9 Å². The molecule has 0 unspecified atom stereocenters. The molecule has 26 heavy (non-hydrogen) atoms. The van der Waals surface area contributed by atoms with Crippen molar-refractivity contribution in [2.45, 2.75) is 13.1 Å². The van der Waals surface area contributed by atoms with Crippen LogP contribution in [0.5, 0.6) is 0 Å². The van der Waals surface area contributed by atoms with Crippen LogP contribution in [-0.4, -0.2) is 18.9 Å². The van der Waals surface area contributed by atoms with Gasteiger partial charge in [-0.3, -0.25) is 18.6 Å². The highest BCUT2D eigenvalue weighted by atomic mass is 19.4. The van der Waals surface area contributed by atoms with E-state index < -0.39 is 23.0 Å². The Morgan fingerprint density at radius 1 is 1.08 bits per heavy atom. The van der Waals surface area contributed by atoms with Crippen molar-refractivity contribution in [1.82, 2.24) is 18.9 Å². The lowest BCUT2D eigenvalue weighted by Gasteiger charge is -2.17. The number of alkyl halides is 3. The summed E-state index contributed by atoms with van der Waals surface area (Å²) in [5, 5.41) is 4.01. The fourth-order valence-electron chi connectivity index (χ4n) is 2.85. The Kier molecular flexibility index (Phi) is 4.09. The van der Waals surface area contributed by atoms with Gasteiger partial charge in [0, 0.05) is 26.0 Å². The van der Waals surface area contributed by atoms with Crippen LogP contribution in [0, 0.1) is 6.92 Å². The lowest BCUT2D eigenvalue weighted by Crippen LogP contribution is -2.40. The molecule has 3 rings (SSSR count). The molecule has 136 valence electrons. The first-order valence-corrected chi connectivity index (χ1v) is 7.61. The van der Waals surface area contributed by atoms with E-state index in [-0.39, 0.29) is 16.9 Å². The van der Waals surface area contributed by atoms with Gasteiger partial charge in [-0.25, -0.2) is 4.79 Å². The number of nitrogens with zero attached hydrogens (tertiary/aromatic N) is 4. The zero-order valence-corrected chi connectivity index (χ0v) is 14.2. The second kappa shape index (κ2) is 6.01. The van der Waals surface area contributed by atoms with Gasteiger partial charge in [0.2, 0.25) is 0 Å². The molecule has 0 fully saturated rings. The fraction of sp³-hybridized carbons (Fsp3) is 0.235. The van der Waals surface area contributed by atoms with Crippen LogP contribution in [0.4, 0.5) is 13.2 Å². The first-order chi connectivity index (χ1) is 12.1. The minimum atomic E-state index is -4.54. The minimum absolute atomic E-state index is 0.0290. The summed E-state index contributed by atoms with van der Waals surface area (Å²) in [6.45, 7) is 1.52. The molecule has 0 atom stereocenters. The van der Waals surface area contributed by atoms with Gasteiger partial charge >= 0.3 is 11.9 Å². The highest BCUT2D eigenvalue weighted by Gasteiger charge is 2.31. The molecule has 1 aromatic carbocycles. The first-order valence-electron chi connectivity index (χ1n) is 7.61. The predicted molar refractivity (Wildman–Crippen MR) is 89.2 cm³/mol. The molecule has 2 heterocycles. The van der Waals surface area contributed by atoms with Gasteiger partial charge in [-0.05, 0) is 31.2 Å². The molecule has 2 aromatic heterocycles. The zero-order valence-electron chi connectivity index (χ0n) is 14.2. The molecule has 0 aliphatic rings. The van der Waals surface area contributed by atoms with Crippen molar-refractivity contribution in [3.8, 4) is 16.9 Å². The molecule has 0 bridgehead atoms. The summed E-state index contributed by atoms with van der Waals surface area (Å²) in [4.78, 5) is 25.2. The van der Waals surface area contributed by atoms with E-state index in [2.05, 4.69) is 5.10 Å². The third-order valence-electron chi connectivity index (χ3n) is 4.20. The van der Waals surface area contributed by atoms with Crippen molar-refractivity contribution in [3.63, 3.8) is 0 Å². The smallest absolute Gasteiger partial charge is 0.268 e. The number of aromatic nitrogens is 4. The van der Waals surface area contributed by atoms with Crippen LogP contribution >= 0.6 is 0 Å². The molecule has 0 spiro atoms. The van der Waals surface area contributed by atoms with Gasteiger partial charge < -0.3 is 0 Å². The Morgan fingerprint density at radius 3 is 2.35 bits per heavy atom. The van der Waals surface area contributed by atoms with Crippen LogP contribution in [0.3, 0.4) is 0 Å². The summed E-state index contributed by atoms with van der Waals surface area (Å²) in [7, 11) is 2.92. The van der Waals surface area contributed by atoms with Gasteiger partial charge in [-0.1, -0.05) is 6.07 Å². The molecular weight excluding hydrogens is 349 g/mol. The number of halogens is 3. The van der Waals surface area contributed by atoms with Crippen LogP contribution in [0.15, 0.2) is 46.1 Å². The lowest BCUT2D eigenvalue weighted by molar-refractivity contribution is -0.137. The van der Waals surface area contributed by atoms with Gasteiger partial charge in [-0.15, -0.1) is 0 Å². The molecule has 0 saturated carbocycles. The van der Waals surface area contributed by atoms with E-state index in [1.54, 1.807) is 13.1 Å². The summed E-state index contributed by atoms with van der Waals surface area (Å²) in [6, 6.07) is 6.02. The lowest BCUT2D eigenvalue weighted by atomic mass is 10.1. The van der Waals surface area contributed by atoms with E-state index in [0.29, 0.717) is 5.69 Å². The number of aryl methyl sites for hydroxylation is 1. The Hall–Kier alpha value is -3.10. The van der Waals surface area contributed by atoms with Gasteiger partial charge in [0.1, 0.15) is 0 Å². The molecule has 9 heteroatoms. The third-order valence-corrected chi connectivity index (χ3v) is 4.20. The quantitative estimate of drug-likeness (QED) is 0.701. The number of benzene rings is 1. The highest BCUT2D eigenvalue weighted by molar-refractivity contribution is 5.62.